The first-order valence-electron chi connectivity index (χ1n) is 6.08. The Balaban J connectivity index is 2.55. The van der Waals surface area contributed by atoms with E-state index in [-0.39, 0.29) is 17.6 Å². The van der Waals surface area contributed by atoms with Crippen molar-refractivity contribution in [2.75, 3.05) is 11.1 Å². The molecule has 0 spiro atoms. The Hall–Kier alpha value is -2.00. The molecule has 0 heterocycles. The first-order valence-corrected chi connectivity index (χ1v) is 7.13. The van der Waals surface area contributed by atoms with Gasteiger partial charge in [-0.05, 0) is 24.1 Å². The number of carboxylic acids is 1. The minimum atomic E-state index is -0.913. The van der Waals surface area contributed by atoms with Crippen LogP contribution in [0.25, 0.3) is 0 Å². The minimum Gasteiger partial charge on any atom is -0.480 e. The molecule has 0 aliphatic rings. The number of carbonyl (C=O) groups excluding carboxylic acids is 1. The standard InChI is InChI=1S/C14H16N2O3S/c1-9(2)13(14(18)19)20-8-12(17)16-11-5-3-4-10(6-11)7-15/h3-6,9,13H,8H2,1-2H3,(H,16,17)(H,18,19). The molecule has 106 valence electrons. The van der Waals surface area contributed by atoms with Crippen molar-refractivity contribution in [3.8, 4) is 6.07 Å². The van der Waals surface area contributed by atoms with Crippen molar-refractivity contribution in [2.24, 2.45) is 5.92 Å². The maximum atomic E-state index is 11.8. The fraction of sp³-hybridized carbons (Fsp3) is 0.357. The van der Waals surface area contributed by atoms with Crippen LogP contribution in [0.1, 0.15) is 19.4 Å². The number of amides is 1. The summed E-state index contributed by atoms with van der Waals surface area (Å²) in [5.74, 6) is -1.18. The van der Waals surface area contributed by atoms with Gasteiger partial charge in [0.1, 0.15) is 5.25 Å². The zero-order valence-corrected chi connectivity index (χ0v) is 12.1. The van der Waals surface area contributed by atoms with E-state index in [1.54, 1.807) is 38.1 Å². The van der Waals surface area contributed by atoms with Crippen LogP contribution < -0.4 is 5.32 Å². The van der Waals surface area contributed by atoms with Crippen LogP contribution in [0.15, 0.2) is 24.3 Å². The summed E-state index contributed by atoms with van der Waals surface area (Å²) in [4.78, 5) is 22.8. The Kier molecular flexibility index (Phi) is 6.07. The summed E-state index contributed by atoms with van der Waals surface area (Å²) in [6, 6.07) is 8.56. The average Bonchev–Trinajstić information content (AvgIpc) is 2.38. The molecule has 0 saturated carbocycles. The first kappa shape index (κ1) is 16.1. The molecule has 0 bridgehead atoms. The van der Waals surface area contributed by atoms with E-state index in [4.69, 9.17) is 10.4 Å². The van der Waals surface area contributed by atoms with Crippen LogP contribution in [-0.2, 0) is 9.59 Å². The Morgan fingerprint density at radius 1 is 1.45 bits per heavy atom. The van der Waals surface area contributed by atoms with Gasteiger partial charge in [0, 0.05) is 5.69 Å². The number of thioether (sulfide) groups is 1. The molecule has 1 atom stereocenters. The summed E-state index contributed by atoms with van der Waals surface area (Å²) in [5, 5.41) is 19.8. The molecular weight excluding hydrogens is 276 g/mol. The average molecular weight is 292 g/mol. The molecule has 0 aromatic heterocycles. The van der Waals surface area contributed by atoms with Gasteiger partial charge in [-0.2, -0.15) is 5.26 Å². The van der Waals surface area contributed by atoms with Gasteiger partial charge >= 0.3 is 5.97 Å². The van der Waals surface area contributed by atoms with E-state index in [0.717, 1.165) is 11.8 Å². The predicted molar refractivity (Wildman–Crippen MR) is 78.5 cm³/mol. The molecule has 1 unspecified atom stereocenters. The Morgan fingerprint density at radius 2 is 2.15 bits per heavy atom. The van der Waals surface area contributed by atoms with Crippen molar-refractivity contribution in [3.63, 3.8) is 0 Å². The van der Waals surface area contributed by atoms with Gasteiger partial charge in [0.15, 0.2) is 0 Å². The molecule has 1 aromatic carbocycles. The Labute approximate surface area is 122 Å². The quantitative estimate of drug-likeness (QED) is 0.840. The lowest BCUT2D eigenvalue weighted by Crippen LogP contribution is -2.25. The van der Waals surface area contributed by atoms with Crippen LogP contribution in [0.5, 0.6) is 0 Å². The van der Waals surface area contributed by atoms with E-state index in [0.29, 0.717) is 11.3 Å². The highest BCUT2D eigenvalue weighted by Crippen LogP contribution is 2.20. The molecule has 0 saturated heterocycles. The second-order valence-electron chi connectivity index (χ2n) is 4.55. The molecule has 0 radical (unpaired) electrons. The van der Waals surface area contributed by atoms with Crippen LogP contribution in [0.2, 0.25) is 0 Å². The number of hydrogen-bond donors (Lipinski definition) is 2. The Morgan fingerprint density at radius 3 is 2.70 bits per heavy atom. The SMILES string of the molecule is CC(C)C(SCC(=O)Nc1cccc(C#N)c1)C(=O)O. The van der Waals surface area contributed by atoms with Crippen molar-refractivity contribution >= 4 is 29.3 Å². The molecule has 0 aliphatic carbocycles. The fourth-order valence-corrected chi connectivity index (χ4v) is 2.51. The summed E-state index contributed by atoms with van der Waals surface area (Å²) in [5.41, 5.74) is 0.993. The lowest BCUT2D eigenvalue weighted by atomic mass is 10.1. The van der Waals surface area contributed by atoms with Crippen LogP contribution in [0.3, 0.4) is 0 Å². The topological polar surface area (TPSA) is 90.2 Å². The lowest BCUT2D eigenvalue weighted by molar-refractivity contribution is -0.137. The monoisotopic (exact) mass is 292 g/mol. The molecule has 0 fully saturated rings. The molecule has 1 aromatic rings. The van der Waals surface area contributed by atoms with Crippen LogP contribution in [-0.4, -0.2) is 28.0 Å². The van der Waals surface area contributed by atoms with E-state index in [1.807, 2.05) is 6.07 Å². The minimum absolute atomic E-state index is 0.0489. The zero-order chi connectivity index (χ0) is 15.1. The van der Waals surface area contributed by atoms with Gasteiger partial charge in [0.25, 0.3) is 0 Å². The second-order valence-corrected chi connectivity index (χ2v) is 5.68. The summed E-state index contributed by atoms with van der Waals surface area (Å²) in [7, 11) is 0. The first-order chi connectivity index (χ1) is 9.43. The van der Waals surface area contributed by atoms with Gasteiger partial charge in [-0.1, -0.05) is 19.9 Å². The number of benzene rings is 1. The summed E-state index contributed by atoms with van der Waals surface area (Å²) >= 11 is 1.10. The van der Waals surface area contributed by atoms with Crippen LogP contribution in [0.4, 0.5) is 5.69 Å². The van der Waals surface area contributed by atoms with Crippen molar-refractivity contribution in [1.29, 1.82) is 5.26 Å². The molecule has 5 nitrogen and oxygen atoms in total. The molecular formula is C14H16N2O3S. The smallest absolute Gasteiger partial charge is 0.316 e. The van der Waals surface area contributed by atoms with Crippen LogP contribution >= 0.6 is 11.8 Å². The van der Waals surface area contributed by atoms with Gasteiger partial charge < -0.3 is 10.4 Å². The number of nitriles is 1. The maximum Gasteiger partial charge on any atom is 0.316 e. The van der Waals surface area contributed by atoms with Crippen LogP contribution in [0, 0.1) is 17.2 Å². The number of anilines is 1. The van der Waals surface area contributed by atoms with Gasteiger partial charge in [-0.25, -0.2) is 0 Å². The highest BCUT2D eigenvalue weighted by Gasteiger charge is 2.22. The zero-order valence-electron chi connectivity index (χ0n) is 11.3. The van der Waals surface area contributed by atoms with Crippen molar-refractivity contribution in [2.45, 2.75) is 19.1 Å². The van der Waals surface area contributed by atoms with E-state index >= 15 is 0 Å². The number of nitrogens with zero attached hydrogens (tertiary/aromatic N) is 1. The molecule has 2 N–H and O–H groups in total. The summed E-state index contributed by atoms with van der Waals surface area (Å²) < 4.78 is 0. The van der Waals surface area contributed by atoms with E-state index < -0.39 is 11.2 Å². The van der Waals surface area contributed by atoms with Gasteiger partial charge in [-0.15, -0.1) is 11.8 Å². The number of carbonyl (C=O) groups is 2. The molecule has 0 aliphatic heterocycles. The van der Waals surface area contributed by atoms with E-state index in [2.05, 4.69) is 5.32 Å². The van der Waals surface area contributed by atoms with Crippen molar-refractivity contribution in [3.05, 3.63) is 29.8 Å². The molecule has 20 heavy (non-hydrogen) atoms. The molecule has 6 heteroatoms. The molecule has 1 amide bonds. The number of nitrogens with one attached hydrogen (secondary N) is 1. The van der Waals surface area contributed by atoms with Gasteiger partial charge in [-0.3, -0.25) is 9.59 Å². The number of aliphatic carboxylic acids is 1. The lowest BCUT2D eigenvalue weighted by Gasteiger charge is -2.15. The summed E-state index contributed by atoms with van der Waals surface area (Å²) in [6.45, 7) is 3.61. The largest absolute Gasteiger partial charge is 0.480 e. The highest BCUT2D eigenvalue weighted by atomic mass is 32.2. The fourth-order valence-electron chi connectivity index (χ4n) is 1.58. The number of hydrogen-bond acceptors (Lipinski definition) is 4. The number of carboxylic acid groups (broad SMARTS) is 1. The second kappa shape index (κ2) is 7.56. The Bertz CT molecular complexity index is 537. The summed E-state index contributed by atoms with van der Waals surface area (Å²) in [6.07, 6.45) is 0. The normalized spacial score (nSPS) is 11.7. The maximum absolute atomic E-state index is 11.8. The number of rotatable bonds is 6. The van der Waals surface area contributed by atoms with Gasteiger partial charge in [0.05, 0.1) is 17.4 Å². The third-order valence-electron chi connectivity index (χ3n) is 2.52. The molecule has 1 rings (SSSR count). The third-order valence-corrected chi connectivity index (χ3v) is 4.05. The van der Waals surface area contributed by atoms with Gasteiger partial charge in [0.2, 0.25) is 5.91 Å². The van der Waals surface area contributed by atoms with Crippen molar-refractivity contribution in [1.82, 2.24) is 0 Å². The predicted octanol–water partition coefficient (Wildman–Crippen LogP) is 2.34. The van der Waals surface area contributed by atoms with Crippen molar-refractivity contribution < 1.29 is 14.7 Å². The van der Waals surface area contributed by atoms with E-state index in [9.17, 15) is 9.59 Å². The highest BCUT2D eigenvalue weighted by molar-refractivity contribution is 8.01. The van der Waals surface area contributed by atoms with E-state index in [1.165, 1.54) is 0 Å². The third kappa shape index (κ3) is 4.94.